The third-order valence-electron chi connectivity index (χ3n) is 5.08. The van der Waals surface area contributed by atoms with Crippen molar-refractivity contribution in [3.05, 3.63) is 54.1 Å². The number of nitrogens with zero attached hydrogens (tertiary/aromatic N) is 4. The summed E-state index contributed by atoms with van der Waals surface area (Å²) in [5.74, 6) is 0.738. The topological polar surface area (TPSA) is 58.4 Å². The predicted molar refractivity (Wildman–Crippen MR) is 103 cm³/mol. The van der Waals surface area contributed by atoms with Crippen LogP contribution in [0.5, 0.6) is 0 Å². The van der Waals surface area contributed by atoms with Gasteiger partial charge >= 0.3 is 6.18 Å². The van der Waals surface area contributed by atoms with Crippen LogP contribution < -0.4 is 4.90 Å². The van der Waals surface area contributed by atoms with E-state index in [9.17, 15) is 21.6 Å². The Labute approximate surface area is 166 Å². The fraction of sp³-hybridized carbons (Fsp3) is 0.316. The minimum absolute atomic E-state index is 0.168. The van der Waals surface area contributed by atoms with Gasteiger partial charge in [0.25, 0.3) is 0 Å². The second-order valence-corrected chi connectivity index (χ2v) is 8.81. The third kappa shape index (κ3) is 3.58. The molecular formula is C19H19F3N4O2S. The second-order valence-electron chi connectivity index (χ2n) is 6.88. The number of sulfonamides is 1. The SMILES string of the molecule is Cn1c(N2CCN(S(=O)(=O)c3cccc(C(F)(F)F)c3)CC2)nc2ccccc21. The van der Waals surface area contributed by atoms with Crippen molar-refractivity contribution in [1.82, 2.24) is 13.9 Å². The fourth-order valence-corrected chi connectivity index (χ4v) is 4.99. The molecule has 0 aliphatic carbocycles. The fourth-order valence-electron chi connectivity index (χ4n) is 3.53. The third-order valence-corrected chi connectivity index (χ3v) is 6.98. The number of aromatic nitrogens is 2. The van der Waals surface area contributed by atoms with Gasteiger partial charge in [-0.25, -0.2) is 13.4 Å². The van der Waals surface area contributed by atoms with Gasteiger partial charge in [0.15, 0.2) is 0 Å². The number of fused-ring (bicyclic) bond motifs is 1. The van der Waals surface area contributed by atoms with E-state index in [4.69, 9.17) is 0 Å². The lowest BCUT2D eigenvalue weighted by molar-refractivity contribution is -0.137. The molecule has 4 rings (SSSR count). The zero-order chi connectivity index (χ0) is 20.8. The highest BCUT2D eigenvalue weighted by atomic mass is 32.2. The maximum atomic E-state index is 12.9. The van der Waals surface area contributed by atoms with Gasteiger partial charge in [0.2, 0.25) is 16.0 Å². The van der Waals surface area contributed by atoms with E-state index in [1.165, 1.54) is 10.4 Å². The van der Waals surface area contributed by atoms with E-state index in [2.05, 4.69) is 4.98 Å². The number of para-hydroxylation sites is 2. The first kappa shape index (κ1) is 19.7. The lowest BCUT2D eigenvalue weighted by Gasteiger charge is -2.34. The van der Waals surface area contributed by atoms with Crippen LogP contribution in [0.4, 0.5) is 19.1 Å². The number of alkyl halides is 3. The summed E-state index contributed by atoms with van der Waals surface area (Å²) >= 11 is 0. The van der Waals surface area contributed by atoms with Crippen LogP contribution in [-0.4, -0.2) is 48.5 Å². The predicted octanol–water partition coefficient (Wildman–Crippen LogP) is 3.10. The standard InChI is InChI=1S/C19H19F3N4O2S/c1-24-17-8-3-2-7-16(17)23-18(24)25-9-11-26(12-10-25)29(27,28)15-6-4-5-14(13-15)19(20,21)22/h2-8,13H,9-12H2,1H3. The summed E-state index contributed by atoms with van der Waals surface area (Å²) in [5, 5.41) is 0. The van der Waals surface area contributed by atoms with Crippen molar-refractivity contribution in [3.63, 3.8) is 0 Å². The van der Waals surface area contributed by atoms with Crippen LogP contribution in [0.2, 0.25) is 0 Å². The molecule has 0 atom stereocenters. The Morgan fingerprint density at radius 3 is 2.31 bits per heavy atom. The van der Waals surface area contributed by atoms with Crippen molar-refractivity contribution in [2.75, 3.05) is 31.1 Å². The van der Waals surface area contributed by atoms with Crippen LogP contribution in [0.15, 0.2) is 53.4 Å². The van der Waals surface area contributed by atoms with Gasteiger partial charge in [-0.3, -0.25) is 0 Å². The molecule has 0 saturated carbocycles. The number of piperazine rings is 1. The van der Waals surface area contributed by atoms with E-state index in [1.54, 1.807) is 0 Å². The molecule has 1 aliphatic heterocycles. The van der Waals surface area contributed by atoms with Crippen molar-refractivity contribution in [1.29, 1.82) is 0 Å². The summed E-state index contributed by atoms with van der Waals surface area (Å²) in [6, 6.07) is 11.6. The number of hydrogen-bond acceptors (Lipinski definition) is 4. The number of benzene rings is 2. The summed E-state index contributed by atoms with van der Waals surface area (Å²) in [6.45, 7) is 1.13. The van der Waals surface area contributed by atoms with Crippen LogP contribution in [-0.2, 0) is 23.2 Å². The lowest BCUT2D eigenvalue weighted by atomic mass is 10.2. The highest BCUT2D eigenvalue weighted by molar-refractivity contribution is 7.89. The Morgan fingerprint density at radius 2 is 1.66 bits per heavy atom. The summed E-state index contributed by atoms with van der Waals surface area (Å²) in [7, 11) is -2.11. The van der Waals surface area contributed by atoms with E-state index in [0.29, 0.717) is 19.2 Å². The Bertz CT molecular complexity index is 1150. The minimum Gasteiger partial charge on any atom is -0.340 e. The van der Waals surface area contributed by atoms with Crippen LogP contribution in [0.1, 0.15) is 5.56 Å². The molecule has 2 heterocycles. The smallest absolute Gasteiger partial charge is 0.340 e. The molecule has 0 unspecified atom stereocenters. The quantitative estimate of drug-likeness (QED) is 0.648. The van der Waals surface area contributed by atoms with E-state index in [0.717, 1.165) is 29.1 Å². The average molecular weight is 424 g/mol. The number of anilines is 1. The monoisotopic (exact) mass is 424 g/mol. The highest BCUT2D eigenvalue weighted by Crippen LogP contribution is 2.31. The van der Waals surface area contributed by atoms with Gasteiger partial charge in [-0.1, -0.05) is 18.2 Å². The number of imidazole rings is 1. The largest absolute Gasteiger partial charge is 0.416 e. The second kappa shape index (κ2) is 7.03. The van der Waals surface area contributed by atoms with Crippen LogP contribution in [0.25, 0.3) is 11.0 Å². The number of hydrogen-bond donors (Lipinski definition) is 0. The Kier molecular flexibility index (Phi) is 4.78. The van der Waals surface area contributed by atoms with Gasteiger partial charge in [-0.15, -0.1) is 0 Å². The van der Waals surface area contributed by atoms with Gasteiger partial charge in [0.1, 0.15) is 0 Å². The van der Waals surface area contributed by atoms with Crippen LogP contribution >= 0.6 is 0 Å². The summed E-state index contributed by atoms with van der Waals surface area (Å²) in [4.78, 5) is 6.26. The molecule has 3 aromatic rings. The molecular weight excluding hydrogens is 405 g/mol. The summed E-state index contributed by atoms with van der Waals surface area (Å²) in [5.41, 5.74) is 0.849. The van der Waals surface area contributed by atoms with Crippen molar-refractivity contribution in [2.45, 2.75) is 11.1 Å². The molecule has 10 heteroatoms. The van der Waals surface area contributed by atoms with Gasteiger partial charge in [0.05, 0.1) is 21.5 Å². The number of aryl methyl sites for hydroxylation is 1. The molecule has 2 aromatic carbocycles. The summed E-state index contributed by atoms with van der Waals surface area (Å²) in [6.07, 6.45) is -4.59. The van der Waals surface area contributed by atoms with Gasteiger partial charge in [-0.05, 0) is 30.3 Å². The lowest BCUT2D eigenvalue weighted by Crippen LogP contribution is -2.49. The first-order valence-corrected chi connectivity index (χ1v) is 10.5. The van der Waals surface area contributed by atoms with Gasteiger partial charge < -0.3 is 9.47 Å². The zero-order valence-corrected chi connectivity index (χ0v) is 16.4. The van der Waals surface area contributed by atoms with Crippen molar-refractivity contribution in [3.8, 4) is 0 Å². The Morgan fingerprint density at radius 1 is 0.966 bits per heavy atom. The van der Waals surface area contributed by atoms with Gasteiger partial charge in [0, 0.05) is 33.2 Å². The van der Waals surface area contributed by atoms with Crippen LogP contribution in [0, 0.1) is 0 Å². The van der Waals surface area contributed by atoms with E-state index < -0.39 is 21.8 Å². The number of halogens is 3. The molecule has 0 bridgehead atoms. The van der Waals surface area contributed by atoms with E-state index in [1.807, 2.05) is 40.8 Å². The molecule has 1 saturated heterocycles. The van der Waals surface area contributed by atoms with Crippen molar-refractivity contribution in [2.24, 2.45) is 7.05 Å². The van der Waals surface area contributed by atoms with E-state index in [-0.39, 0.29) is 18.0 Å². The molecule has 1 aromatic heterocycles. The van der Waals surface area contributed by atoms with Crippen molar-refractivity contribution < 1.29 is 21.6 Å². The molecule has 0 spiro atoms. The molecule has 6 nitrogen and oxygen atoms in total. The zero-order valence-electron chi connectivity index (χ0n) is 15.6. The molecule has 0 amide bonds. The van der Waals surface area contributed by atoms with Crippen LogP contribution in [0.3, 0.4) is 0 Å². The first-order valence-electron chi connectivity index (χ1n) is 9.02. The Hall–Kier alpha value is -2.59. The average Bonchev–Trinajstić information content (AvgIpc) is 3.04. The highest BCUT2D eigenvalue weighted by Gasteiger charge is 2.34. The normalized spacial score (nSPS) is 16.5. The number of rotatable bonds is 3. The van der Waals surface area contributed by atoms with Gasteiger partial charge in [-0.2, -0.15) is 17.5 Å². The maximum Gasteiger partial charge on any atom is 0.416 e. The first-order chi connectivity index (χ1) is 13.7. The van der Waals surface area contributed by atoms with E-state index >= 15 is 0 Å². The Balaban J connectivity index is 1.54. The molecule has 1 fully saturated rings. The minimum atomic E-state index is -4.59. The van der Waals surface area contributed by atoms with Crippen molar-refractivity contribution >= 4 is 27.0 Å². The molecule has 0 radical (unpaired) electrons. The maximum absolute atomic E-state index is 12.9. The molecule has 154 valence electrons. The molecule has 29 heavy (non-hydrogen) atoms. The molecule has 0 N–H and O–H groups in total. The summed E-state index contributed by atoms with van der Waals surface area (Å²) < 4.78 is 67.7. The molecule has 1 aliphatic rings.